The van der Waals surface area contributed by atoms with E-state index in [-0.39, 0.29) is 18.0 Å². The molecule has 28 heavy (non-hydrogen) atoms. The van der Waals surface area contributed by atoms with Crippen LogP contribution < -0.4 is 5.32 Å². The molecule has 0 aliphatic carbocycles. The van der Waals surface area contributed by atoms with Crippen molar-refractivity contribution in [2.45, 2.75) is 83.6 Å². The number of nitro benzene ring substituents is 1. The van der Waals surface area contributed by atoms with E-state index in [2.05, 4.69) is 12.2 Å². The van der Waals surface area contributed by atoms with Gasteiger partial charge in [-0.15, -0.1) is 0 Å². The summed E-state index contributed by atoms with van der Waals surface area (Å²) >= 11 is 0. The van der Waals surface area contributed by atoms with Gasteiger partial charge in [-0.2, -0.15) is 0 Å². The average molecular weight is 392 g/mol. The lowest BCUT2D eigenvalue weighted by molar-refractivity contribution is -0.384. The van der Waals surface area contributed by atoms with Gasteiger partial charge in [-0.25, -0.2) is 4.79 Å². The number of carbonyl (C=O) groups excluding carboxylic acids is 1. The Kier molecular flexibility index (Phi) is 11.5. The van der Waals surface area contributed by atoms with Crippen molar-refractivity contribution in [3.05, 3.63) is 39.9 Å². The van der Waals surface area contributed by atoms with E-state index >= 15 is 0 Å². The third kappa shape index (κ3) is 10.0. The van der Waals surface area contributed by atoms with Crippen molar-refractivity contribution < 1.29 is 19.6 Å². The Morgan fingerprint density at radius 2 is 1.54 bits per heavy atom. The highest BCUT2D eigenvalue weighted by Gasteiger charge is 2.20. The average Bonchev–Trinajstić information content (AvgIpc) is 2.66. The molecule has 0 aliphatic heterocycles. The molecule has 0 heterocycles. The molecule has 0 aromatic heterocycles. The minimum atomic E-state index is -1.11. The fourth-order valence-electron chi connectivity index (χ4n) is 3.05. The van der Waals surface area contributed by atoms with Gasteiger partial charge in [-0.05, 0) is 12.0 Å². The summed E-state index contributed by atoms with van der Waals surface area (Å²) in [4.78, 5) is 33.6. The number of nitrogens with one attached hydrogen (secondary N) is 1. The first-order chi connectivity index (χ1) is 13.4. The number of benzene rings is 1. The minimum absolute atomic E-state index is 0.0509. The Labute approximate surface area is 166 Å². The summed E-state index contributed by atoms with van der Waals surface area (Å²) in [5.74, 6) is -1.38. The van der Waals surface area contributed by atoms with Crippen LogP contribution in [-0.4, -0.2) is 27.9 Å². The van der Waals surface area contributed by atoms with Crippen molar-refractivity contribution >= 4 is 17.6 Å². The van der Waals surface area contributed by atoms with E-state index in [1.54, 1.807) is 0 Å². The smallest absolute Gasteiger partial charge is 0.326 e. The number of carboxylic acids is 1. The predicted molar refractivity (Wildman–Crippen MR) is 108 cm³/mol. The lowest BCUT2D eigenvalue weighted by Crippen LogP contribution is -2.42. The molecule has 7 heteroatoms. The summed E-state index contributed by atoms with van der Waals surface area (Å²) in [6.45, 7) is 2.20. The standard InChI is InChI=1S/C21H32N2O5/c1-2-3-4-5-6-7-8-9-10-11-20(24)22-19(21(25)26)16-17-12-14-18(15-13-17)23(27)28/h12-15,19H,2-11,16H2,1H3,(H,22,24)(H,25,26)/t19-/m0/s1. The van der Waals surface area contributed by atoms with Gasteiger partial charge in [0.1, 0.15) is 6.04 Å². The van der Waals surface area contributed by atoms with Crippen LogP contribution in [0.15, 0.2) is 24.3 Å². The summed E-state index contributed by atoms with van der Waals surface area (Å²) in [7, 11) is 0. The highest BCUT2D eigenvalue weighted by Crippen LogP contribution is 2.14. The maximum atomic E-state index is 12.0. The molecule has 0 aliphatic rings. The molecular formula is C21H32N2O5. The SMILES string of the molecule is CCCCCCCCCCCC(=O)N[C@@H](Cc1ccc([N+](=O)[O-])cc1)C(=O)O. The lowest BCUT2D eigenvalue weighted by Gasteiger charge is -2.14. The Balaban J connectivity index is 2.28. The van der Waals surface area contributed by atoms with Crippen LogP contribution in [0.5, 0.6) is 0 Å². The Bertz CT molecular complexity index is 616. The highest BCUT2D eigenvalue weighted by atomic mass is 16.6. The summed E-state index contributed by atoms with van der Waals surface area (Å²) < 4.78 is 0. The van der Waals surface area contributed by atoms with Crippen LogP contribution in [-0.2, 0) is 16.0 Å². The van der Waals surface area contributed by atoms with Gasteiger partial charge in [0.2, 0.25) is 5.91 Å². The molecule has 1 rings (SSSR count). The van der Waals surface area contributed by atoms with Crippen molar-refractivity contribution in [3.63, 3.8) is 0 Å². The summed E-state index contributed by atoms with van der Waals surface area (Å²) in [5, 5.41) is 22.6. The predicted octanol–water partition coefficient (Wildman–Crippen LogP) is 4.63. The third-order valence-electron chi connectivity index (χ3n) is 4.73. The van der Waals surface area contributed by atoms with Crippen LogP contribution in [0.25, 0.3) is 0 Å². The molecule has 1 atom stereocenters. The molecule has 0 spiro atoms. The number of amides is 1. The summed E-state index contributed by atoms with van der Waals surface area (Å²) in [6.07, 6.45) is 10.8. The van der Waals surface area contributed by atoms with E-state index in [0.717, 1.165) is 19.3 Å². The number of aliphatic carboxylic acids is 1. The highest BCUT2D eigenvalue weighted by molar-refractivity contribution is 5.83. The van der Waals surface area contributed by atoms with Gasteiger partial charge < -0.3 is 10.4 Å². The molecule has 0 bridgehead atoms. The van der Waals surface area contributed by atoms with E-state index in [9.17, 15) is 24.8 Å². The van der Waals surface area contributed by atoms with Gasteiger partial charge in [-0.3, -0.25) is 14.9 Å². The Morgan fingerprint density at radius 3 is 2.04 bits per heavy atom. The zero-order valence-electron chi connectivity index (χ0n) is 16.7. The van der Waals surface area contributed by atoms with Crippen LogP contribution in [0.1, 0.15) is 76.7 Å². The molecule has 2 N–H and O–H groups in total. The second-order valence-corrected chi connectivity index (χ2v) is 7.16. The molecule has 0 radical (unpaired) electrons. The van der Waals surface area contributed by atoms with Gasteiger partial charge in [0.25, 0.3) is 5.69 Å². The summed E-state index contributed by atoms with van der Waals surface area (Å²) in [5.41, 5.74) is 0.575. The van der Waals surface area contributed by atoms with Crippen LogP contribution in [0, 0.1) is 10.1 Å². The molecule has 0 saturated heterocycles. The maximum absolute atomic E-state index is 12.0. The van der Waals surface area contributed by atoms with E-state index < -0.39 is 16.9 Å². The molecule has 0 saturated carbocycles. The Hall–Kier alpha value is -2.44. The van der Waals surface area contributed by atoms with Gasteiger partial charge in [0.05, 0.1) is 4.92 Å². The van der Waals surface area contributed by atoms with Crippen LogP contribution >= 0.6 is 0 Å². The number of carbonyl (C=O) groups is 2. The normalized spacial score (nSPS) is 11.8. The number of carboxylic acid groups (broad SMARTS) is 1. The van der Waals surface area contributed by atoms with Gasteiger partial charge in [-0.1, -0.05) is 70.4 Å². The largest absolute Gasteiger partial charge is 0.480 e. The van der Waals surface area contributed by atoms with Gasteiger partial charge in [0.15, 0.2) is 0 Å². The first kappa shape index (κ1) is 23.6. The number of unbranched alkanes of at least 4 members (excludes halogenated alkanes) is 8. The van der Waals surface area contributed by atoms with Crippen molar-refractivity contribution in [2.24, 2.45) is 0 Å². The third-order valence-corrected chi connectivity index (χ3v) is 4.73. The zero-order chi connectivity index (χ0) is 20.8. The second-order valence-electron chi connectivity index (χ2n) is 7.16. The first-order valence-corrected chi connectivity index (χ1v) is 10.2. The molecule has 156 valence electrons. The van der Waals surface area contributed by atoms with Crippen LogP contribution in [0.4, 0.5) is 5.69 Å². The minimum Gasteiger partial charge on any atom is -0.480 e. The second kappa shape index (κ2) is 13.7. The molecule has 1 aromatic carbocycles. The van der Waals surface area contributed by atoms with Crippen molar-refractivity contribution in [1.82, 2.24) is 5.32 Å². The topological polar surface area (TPSA) is 110 Å². The number of non-ortho nitro benzene ring substituents is 1. The monoisotopic (exact) mass is 392 g/mol. The van der Waals surface area contributed by atoms with Gasteiger partial charge >= 0.3 is 5.97 Å². The number of rotatable bonds is 15. The molecule has 1 amide bonds. The lowest BCUT2D eigenvalue weighted by atomic mass is 10.0. The fourth-order valence-corrected chi connectivity index (χ4v) is 3.05. The maximum Gasteiger partial charge on any atom is 0.326 e. The quantitative estimate of drug-likeness (QED) is 0.257. The molecule has 1 aromatic rings. The molecular weight excluding hydrogens is 360 g/mol. The van der Waals surface area contributed by atoms with E-state index in [1.807, 2.05) is 0 Å². The van der Waals surface area contributed by atoms with E-state index in [4.69, 9.17) is 0 Å². The molecule has 0 unspecified atom stereocenters. The number of nitrogens with zero attached hydrogens (tertiary/aromatic N) is 1. The number of hydrogen-bond donors (Lipinski definition) is 2. The fraction of sp³-hybridized carbons (Fsp3) is 0.619. The van der Waals surface area contributed by atoms with Crippen molar-refractivity contribution in [3.8, 4) is 0 Å². The van der Waals surface area contributed by atoms with Gasteiger partial charge in [0, 0.05) is 25.0 Å². The van der Waals surface area contributed by atoms with Crippen LogP contribution in [0.3, 0.4) is 0 Å². The van der Waals surface area contributed by atoms with E-state index in [1.165, 1.54) is 62.8 Å². The van der Waals surface area contributed by atoms with Crippen molar-refractivity contribution in [1.29, 1.82) is 0 Å². The Morgan fingerprint density at radius 1 is 1.00 bits per heavy atom. The first-order valence-electron chi connectivity index (χ1n) is 10.2. The number of hydrogen-bond acceptors (Lipinski definition) is 4. The zero-order valence-corrected chi connectivity index (χ0v) is 16.7. The molecule has 0 fully saturated rings. The molecule has 7 nitrogen and oxygen atoms in total. The summed E-state index contributed by atoms with van der Waals surface area (Å²) in [6, 6.07) is 4.66. The number of nitro groups is 1. The van der Waals surface area contributed by atoms with Crippen LogP contribution in [0.2, 0.25) is 0 Å². The van der Waals surface area contributed by atoms with Crippen molar-refractivity contribution in [2.75, 3.05) is 0 Å². The van der Waals surface area contributed by atoms with E-state index in [0.29, 0.717) is 12.0 Å².